The fraction of sp³-hybridized carbons (Fsp3) is 0.500. The van der Waals surface area contributed by atoms with Crippen LogP contribution in [-0.4, -0.2) is 30.1 Å². The monoisotopic (exact) mass is 200 g/mol. The van der Waals surface area contributed by atoms with Crippen molar-refractivity contribution < 1.29 is 9.63 Å². The highest BCUT2D eigenvalue weighted by Crippen LogP contribution is 2.17. The van der Waals surface area contributed by atoms with Gasteiger partial charge in [0.15, 0.2) is 5.01 Å². The van der Waals surface area contributed by atoms with Gasteiger partial charge in [-0.3, -0.25) is 9.63 Å². The summed E-state index contributed by atoms with van der Waals surface area (Å²) >= 11 is 1.38. The average Bonchev–Trinajstić information content (AvgIpc) is 2.44. The molecule has 0 atom stereocenters. The highest BCUT2D eigenvalue weighted by molar-refractivity contribution is 7.13. The summed E-state index contributed by atoms with van der Waals surface area (Å²) < 4.78 is 0. The van der Waals surface area contributed by atoms with Crippen molar-refractivity contribution in [3.8, 4) is 0 Å². The summed E-state index contributed by atoms with van der Waals surface area (Å²) in [5, 5.41) is 1.64. The first-order valence-electron chi connectivity index (χ1n) is 3.82. The Morgan fingerprint density at radius 2 is 2.15 bits per heavy atom. The molecule has 0 aliphatic heterocycles. The number of aryl methyl sites for hydroxylation is 2. The van der Waals surface area contributed by atoms with Gasteiger partial charge in [0.1, 0.15) is 0 Å². The molecule has 0 saturated heterocycles. The molecule has 0 aliphatic rings. The third-order valence-corrected chi connectivity index (χ3v) is 2.83. The standard InChI is InChI=1S/C8H12N2O2S/c1-5-6(2)13-7(9-5)8(11)10(3)12-4/h1-4H3. The highest BCUT2D eigenvalue weighted by atomic mass is 32.1. The van der Waals surface area contributed by atoms with E-state index >= 15 is 0 Å². The molecule has 0 radical (unpaired) electrons. The van der Waals surface area contributed by atoms with Crippen LogP contribution in [0.15, 0.2) is 0 Å². The second kappa shape index (κ2) is 3.85. The zero-order chi connectivity index (χ0) is 10.0. The molecule has 1 rings (SSSR count). The van der Waals surface area contributed by atoms with Crippen molar-refractivity contribution in [2.75, 3.05) is 14.2 Å². The lowest BCUT2D eigenvalue weighted by Crippen LogP contribution is -2.25. The van der Waals surface area contributed by atoms with E-state index in [0.29, 0.717) is 5.01 Å². The van der Waals surface area contributed by atoms with E-state index in [9.17, 15) is 4.79 Å². The van der Waals surface area contributed by atoms with Crippen molar-refractivity contribution in [2.24, 2.45) is 0 Å². The van der Waals surface area contributed by atoms with Crippen LogP contribution in [0.5, 0.6) is 0 Å². The summed E-state index contributed by atoms with van der Waals surface area (Å²) in [7, 11) is 3.01. The smallest absolute Gasteiger partial charge is 0.274 e. The van der Waals surface area contributed by atoms with Crippen LogP contribution in [0.2, 0.25) is 0 Å². The lowest BCUT2D eigenvalue weighted by Gasteiger charge is -2.10. The van der Waals surface area contributed by atoms with E-state index in [0.717, 1.165) is 15.6 Å². The number of amides is 1. The van der Waals surface area contributed by atoms with Crippen molar-refractivity contribution in [1.82, 2.24) is 10.0 Å². The van der Waals surface area contributed by atoms with Gasteiger partial charge in [0.05, 0.1) is 12.8 Å². The Morgan fingerprint density at radius 1 is 1.54 bits per heavy atom. The topological polar surface area (TPSA) is 42.4 Å². The van der Waals surface area contributed by atoms with Crippen molar-refractivity contribution in [3.05, 3.63) is 15.6 Å². The van der Waals surface area contributed by atoms with Crippen molar-refractivity contribution >= 4 is 17.2 Å². The molecule has 1 amide bonds. The van der Waals surface area contributed by atoms with Gasteiger partial charge >= 0.3 is 5.91 Å². The van der Waals surface area contributed by atoms with Gasteiger partial charge in [-0.25, -0.2) is 10.0 Å². The molecule has 0 fully saturated rings. The minimum absolute atomic E-state index is 0.205. The number of rotatable bonds is 2. The Balaban J connectivity index is 2.89. The molecule has 0 spiro atoms. The normalized spacial score (nSPS) is 10.2. The Kier molecular flexibility index (Phi) is 3.00. The van der Waals surface area contributed by atoms with E-state index in [1.54, 1.807) is 7.05 Å². The molecule has 4 nitrogen and oxygen atoms in total. The quantitative estimate of drug-likeness (QED) is 0.677. The second-order valence-electron chi connectivity index (χ2n) is 2.65. The van der Waals surface area contributed by atoms with E-state index in [1.807, 2.05) is 13.8 Å². The Labute approximate surface area is 81.1 Å². The van der Waals surface area contributed by atoms with E-state index in [-0.39, 0.29) is 5.91 Å². The van der Waals surface area contributed by atoms with E-state index in [1.165, 1.54) is 18.4 Å². The molecule has 0 N–H and O–H groups in total. The SMILES string of the molecule is CON(C)C(=O)c1nc(C)c(C)s1. The number of thiazole rings is 1. The van der Waals surface area contributed by atoms with Gasteiger partial charge in [0.2, 0.25) is 0 Å². The third-order valence-electron chi connectivity index (χ3n) is 1.77. The average molecular weight is 200 g/mol. The van der Waals surface area contributed by atoms with Crippen LogP contribution in [0, 0.1) is 13.8 Å². The van der Waals surface area contributed by atoms with Crippen molar-refractivity contribution in [1.29, 1.82) is 0 Å². The Bertz CT molecular complexity index is 302. The molecule has 1 aromatic heterocycles. The minimum Gasteiger partial charge on any atom is -0.274 e. The maximum absolute atomic E-state index is 11.5. The third kappa shape index (κ3) is 2.05. The van der Waals surface area contributed by atoms with Crippen LogP contribution < -0.4 is 0 Å². The molecular formula is C8H12N2O2S. The van der Waals surface area contributed by atoms with Crippen molar-refractivity contribution in [2.45, 2.75) is 13.8 Å². The lowest BCUT2D eigenvalue weighted by molar-refractivity contribution is -0.0757. The summed E-state index contributed by atoms with van der Waals surface area (Å²) in [5.41, 5.74) is 0.901. The predicted octanol–water partition coefficient (Wildman–Crippen LogP) is 1.39. The van der Waals surface area contributed by atoms with Crippen LogP contribution in [0.1, 0.15) is 20.4 Å². The van der Waals surface area contributed by atoms with Gasteiger partial charge in [-0.2, -0.15) is 0 Å². The molecular weight excluding hydrogens is 188 g/mol. The molecule has 0 aliphatic carbocycles. The fourth-order valence-corrected chi connectivity index (χ4v) is 1.66. The number of nitrogens with zero attached hydrogens (tertiary/aromatic N) is 2. The summed E-state index contributed by atoms with van der Waals surface area (Å²) in [5.74, 6) is -0.205. The molecule has 1 heterocycles. The van der Waals surface area contributed by atoms with Crippen LogP contribution in [0.25, 0.3) is 0 Å². The fourth-order valence-electron chi connectivity index (χ4n) is 0.782. The zero-order valence-electron chi connectivity index (χ0n) is 8.12. The van der Waals surface area contributed by atoms with Gasteiger partial charge in [-0.15, -0.1) is 11.3 Å². The highest BCUT2D eigenvalue weighted by Gasteiger charge is 2.16. The lowest BCUT2D eigenvalue weighted by atomic mass is 10.4. The van der Waals surface area contributed by atoms with E-state index < -0.39 is 0 Å². The summed E-state index contributed by atoms with van der Waals surface area (Å²) in [6.07, 6.45) is 0. The van der Waals surface area contributed by atoms with Gasteiger partial charge in [0, 0.05) is 11.9 Å². The van der Waals surface area contributed by atoms with Gasteiger partial charge in [0.25, 0.3) is 0 Å². The first kappa shape index (κ1) is 10.1. The number of carbonyl (C=O) groups is 1. The van der Waals surface area contributed by atoms with Gasteiger partial charge < -0.3 is 0 Å². The van der Waals surface area contributed by atoms with Crippen molar-refractivity contribution in [3.63, 3.8) is 0 Å². The first-order valence-corrected chi connectivity index (χ1v) is 4.64. The molecule has 0 bridgehead atoms. The Morgan fingerprint density at radius 3 is 2.54 bits per heavy atom. The Hall–Kier alpha value is -0.940. The number of hydroxylamine groups is 2. The molecule has 72 valence electrons. The second-order valence-corrected chi connectivity index (χ2v) is 3.85. The van der Waals surface area contributed by atoms with Gasteiger partial charge in [-0.05, 0) is 13.8 Å². The molecule has 0 aromatic carbocycles. The molecule has 1 aromatic rings. The van der Waals surface area contributed by atoms with E-state index in [4.69, 9.17) is 4.84 Å². The van der Waals surface area contributed by atoms with Crippen LogP contribution in [-0.2, 0) is 4.84 Å². The summed E-state index contributed by atoms with van der Waals surface area (Å²) in [4.78, 5) is 21.4. The predicted molar refractivity (Wildman–Crippen MR) is 50.7 cm³/mol. The first-order chi connectivity index (χ1) is 6.06. The van der Waals surface area contributed by atoms with Gasteiger partial charge in [-0.1, -0.05) is 0 Å². The largest absolute Gasteiger partial charge is 0.306 e. The number of hydrogen-bond donors (Lipinski definition) is 0. The summed E-state index contributed by atoms with van der Waals surface area (Å²) in [6, 6.07) is 0. The van der Waals surface area contributed by atoms with Crippen LogP contribution in [0.4, 0.5) is 0 Å². The molecule has 13 heavy (non-hydrogen) atoms. The number of hydrogen-bond acceptors (Lipinski definition) is 4. The maximum atomic E-state index is 11.5. The number of aromatic nitrogens is 1. The maximum Gasteiger partial charge on any atom is 0.306 e. The van der Waals surface area contributed by atoms with Crippen LogP contribution in [0.3, 0.4) is 0 Å². The molecule has 0 saturated carbocycles. The minimum atomic E-state index is -0.205. The molecule has 0 unspecified atom stereocenters. The van der Waals surface area contributed by atoms with Crippen LogP contribution >= 0.6 is 11.3 Å². The van der Waals surface area contributed by atoms with E-state index in [2.05, 4.69) is 4.98 Å². The molecule has 5 heteroatoms. The zero-order valence-corrected chi connectivity index (χ0v) is 8.94. The summed E-state index contributed by atoms with van der Waals surface area (Å²) in [6.45, 7) is 3.83. The number of carbonyl (C=O) groups excluding carboxylic acids is 1.